The molecule has 1 atom stereocenters. The fraction of sp³-hybridized carbons (Fsp3) is 0.615. The summed E-state index contributed by atoms with van der Waals surface area (Å²) in [5, 5.41) is 12.8. The minimum absolute atomic E-state index is 0.0802. The lowest BCUT2D eigenvalue weighted by Gasteiger charge is -2.21. The summed E-state index contributed by atoms with van der Waals surface area (Å²) < 4.78 is 6.13. The van der Waals surface area contributed by atoms with E-state index in [1.165, 1.54) is 23.1 Å². The topological polar surface area (TPSA) is 85.0 Å². The molecule has 0 radical (unpaired) electrons. The first-order valence-electron chi connectivity index (χ1n) is 7.22. The fourth-order valence-electron chi connectivity index (χ4n) is 2.41. The second-order valence-corrected chi connectivity index (χ2v) is 7.43. The molecule has 0 saturated carbocycles. The van der Waals surface area contributed by atoms with Gasteiger partial charge in [0.15, 0.2) is 10.2 Å². The highest BCUT2D eigenvalue weighted by molar-refractivity contribution is 8.01. The number of likely N-dealkylation sites (tertiary alicyclic amines) is 1. The van der Waals surface area contributed by atoms with Crippen molar-refractivity contribution in [3.05, 3.63) is 16.7 Å². The van der Waals surface area contributed by atoms with Crippen molar-refractivity contribution in [3.8, 4) is 0 Å². The number of amides is 1. The van der Waals surface area contributed by atoms with Crippen LogP contribution in [0.4, 0.5) is 0 Å². The van der Waals surface area contributed by atoms with E-state index < -0.39 is 0 Å². The molecule has 2 aromatic heterocycles. The Morgan fingerprint density at radius 3 is 3.05 bits per heavy atom. The van der Waals surface area contributed by atoms with Crippen LogP contribution >= 0.6 is 23.1 Å². The molecule has 1 fully saturated rings. The Kier molecular flexibility index (Phi) is 4.72. The van der Waals surface area contributed by atoms with E-state index in [2.05, 4.69) is 20.3 Å². The summed E-state index contributed by atoms with van der Waals surface area (Å²) in [7, 11) is 0. The maximum Gasteiger partial charge on any atom is 0.249 e. The maximum atomic E-state index is 12.5. The van der Waals surface area contributed by atoms with Crippen molar-refractivity contribution in [1.29, 1.82) is 0 Å². The maximum absolute atomic E-state index is 12.5. The molecule has 0 aromatic carbocycles. The molecule has 0 N–H and O–H groups in total. The minimum atomic E-state index is -0.0861. The zero-order valence-electron chi connectivity index (χ0n) is 12.5. The Morgan fingerprint density at radius 2 is 2.36 bits per heavy atom. The van der Waals surface area contributed by atoms with Gasteiger partial charge in [-0.3, -0.25) is 4.79 Å². The van der Waals surface area contributed by atoms with Crippen molar-refractivity contribution in [2.45, 2.75) is 43.5 Å². The number of thioether (sulfide) groups is 1. The average Bonchev–Trinajstić information content (AvgIpc) is 3.24. The first kappa shape index (κ1) is 15.4. The van der Waals surface area contributed by atoms with Gasteiger partial charge in [0.05, 0.1) is 5.75 Å². The Hall–Kier alpha value is -1.48. The number of rotatable bonds is 5. The van der Waals surface area contributed by atoms with Gasteiger partial charge >= 0.3 is 0 Å². The summed E-state index contributed by atoms with van der Waals surface area (Å²) in [6, 6.07) is -0.0861. The third kappa shape index (κ3) is 3.30. The van der Waals surface area contributed by atoms with Gasteiger partial charge in [0, 0.05) is 13.0 Å². The average molecular weight is 339 g/mol. The first-order chi connectivity index (χ1) is 10.7. The van der Waals surface area contributed by atoms with Crippen molar-refractivity contribution < 1.29 is 9.32 Å². The van der Waals surface area contributed by atoms with Crippen LogP contribution in [0.15, 0.2) is 8.86 Å². The highest BCUT2D eigenvalue weighted by Gasteiger charge is 2.33. The summed E-state index contributed by atoms with van der Waals surface area (Å²) in [6.45, 7) is 4.62. The third-order valence-electron chi connectivity index (χ3n) is 3.48. The molecule has 1 saturated heterocycles. The normalized spacial score (nSPS) is 18.1. The molecular weight excluding hydrogens is 322 g/mol. The van der Waals surface area contributed by atoms with Gasteiger partial charge in [-0.05, 0) is 19.8 Å². The summed E-state index contributed by atoms with van der Waals surface area (Å²) in [6.07, 6.45) is 2.57. The van der Waals surface area contributed by atoms with Crippen LogP contribution < -0.4 is 0 Å². The fourth-order valence-corrected chi connectivity index (χ4v) is 4.11. The van der Waals surface area contributed by atoms with Gasteiger partial charge < -0.3 is 9.42 Å². The smallest absolute Gasteiger partial charge is 0.249 e. The molecule has 0 bridgehead atoms. The Balaban J connectivity index is 1.63. The van der Waals surface area contributed by atoms with E-state index in [1.54, 1.807) is 0 Å². The van der Waals surface area contributed by atoms with Crippen LogP contribution in [-0.4, -0.2) is 43.4 Å². The molecule has 0 unspecified atom stereocenters. The van der Waals surface area contributed by atoms with Gasteiger partial charge in [0.25, 0.3) is 0 Å². The molecular formula is C13H17N5O2S2. The quantitative estimate of drug-likeness (QED) is 0.772. The van der Waals surface area contributed by atoms with Crippen molar-refractivity contribution >= 4 is 29.0 Å². The number of hydrogen-bond acceptors (Lipinski definition) is 8. The molecule has 1 aliphatic heterocycles. The molecule has 9 heteroatoms. The number of nitrogens with zero attached hydrogens (tertiary/aromatic N) is 5. The van der Waals surface area contributed by atoms with E-state index in [0.717, 1.165) is 35.2 Å². The molecule has 2 aromatic rings. The van der Waals surface area contributed by atoms with Crippen molar-refractivity contribution in [1.82, 2.24) is 25.2 Å². The van der Waals surface area contributed by atoms with E-state index in [0.29, 0.717) is 17.5 Å². The first-order valence-corrected chi connectivity index (χ1v) is 9.02. The van der Waals surface area contributed by atoms with Crippen LogP contribution in [0.25, 0.3) is 0 Å². The number of hydrogen-bond donors (Lipinski definition) is 0. The molecule has 3 heterocycles. The molecule has 22 heavy (non-hydrogen) atoms. The zero-order chi connectivity index (χ0) is 15.5. The molecule has 7 nitrogen and oxygen atoms in total. The molecule has 1 aliphatic rings. The van der Waals surface area contributed by atoms with E-state index in [-0.39, 0.29) is 11.9 Å². The summed E-state index contributed by atoms with van der Waals surface area (Å²) in [4.78, 5) is 18.7. The number of aromatic nitrogens is 4. The van der Waals surface area contributed by atoms with Crippen LogP contribution in [0.3, 0.4) is 0 Å². The van der Waals surface area contributed by atoms with Crippen molar-refractivity contribution in [3.63, 3.8) is 0 Å². The van der Waals surface area contributed by atoms with Gasteiger partial charge in [-0.25, -0.2) is 0 Å². The molecule has 118 valence electrons. The summed E-state index contributed by atoms with van der Waals surface area (Å²) >= 11 is 2.94. The monoisotopic (exact) mass is 339 g/mol. The van der Waals surface area contributed by atoms with Gasteiger partial charge in [-0.1, -0.05) is 35.2 Å². The van der Waals surface area contributed by atoms with Crippen LogP contribution in [0.5, 0.6) is 0 Å². The van der Waals surface area contributed by atoms with Gasteiger partial charge in [-0.2, -0.15) is 4.98 Å². The second-order valence-electron chi connectivity index (χ2n) is 5.02. The van der Waals surface area contributed by atoms with E-state index >= 15 is 0 Å². The van der Waals surface area contributed by atoms with Crippen LogP contribution in [0.2, 0.25) is 0 Å². The standard InChI is InChI=1S/C13H17N5O2S2/c1-3-10-14-12(20-17-10)9-5-4-6-18(9)11(19)7-21-13-16-15-8(2)22-13/h9H,3-7H2,1-2H3/t9-/m0/s1. The predicted octanol–water partition coefficient (Wildman–Crippen LogP) is 2.25. The van der Waals surface area contributed by atoms with Crippen LogP contribution in [0.1, 0.15) is 42.5 Å². The van der Waals surface area contributed by atoms with E-state index in [1.807, 2.05) is 18.7 Å². The summed E-state index contributed by atoms with van der Waals surface area (Å²) in [5.41, 5.74) is 0. The molecule has 0 spiro atoms. The largest absolute Gasteiger partial charge is 0.337 e. The number of carbonyl (C=O) groups is 1. The second kappa shape index (κ2) is 6.74. The van der Waals surface area contributed by atoms with Crippen LogP contribution in [0, 0.1) is 6.92 Å². The highest BCUT2D eigenvalue weighted by Crippen LogP contribution is 2.32. The number of carbonyl (C=O) groups excluding carboxylic acids is 1. The summed E-state index contributed by atoms with van der Waals surface area (Å²) in [5.74, 6) is 1.68. The van der Waals surface area contributed by atoms with Gasteiger partial charge in [0.2, 0.25) is 11.8 Å². The Labute approximate surface area is 136 Å². The zero-order valence-corrected chi connectivity index (χ0v) is 14.1. The number of aryl methyl sites for hydroxylation is 2. The van der Waals surface area contributed by atoms with E-state index in [9.17, 15) is 4.79 Å². The third-order valence-corrected chi connectivity index (χ3v) is 5.44. The Bertz CT molecular complexity index is 656. The Morgan fingerprint density at radius 1 is 1.50 bits per heavy atom. The lowest BCUT2D eigenvalue weighted by Crippen LogP contribution is -2.32. The van der Waals surface area contributed by atoms with E-state index in [4.69, 9.17) is 4.52 Å². The molecule has 3 rings (SSSR count). The lowest BCUT2D eigenvalue weighted by atomic mass is 10.2. The highest BCUT2D eigenvalue weighted by atomic mass is 32.2. The molecule has 0 aliphatic carbocycles. The minimum Gasteiger partial charge on any atom is -0.337 e. The SMILES string of the molecule is CCc1noc([C@@H]2CCCN2C(=O)CSc2nnc(C)s2)n1. The van der Waals surface area contributed by atoms with Crippen molar-refractivity contribution in [2.75, 3.05) is 12.3 Å². The van der Waals surface area contributed by atoms with Gasteiger partial charge in [-0.15, -0.1) is 10.2 Å². The molecule has 1 amide bonds. The van der Waals surface area contributed by atoms with Crippen molar-refractivity contribution in [2.24, 2.45) is 0 Å². The lowest BCUT2D eigenvalue weighted by molar-refractivity contribution is -0.129. The van der Waals surface area contributed by atoms with Crippen LogP contribution in [-0.2, 0) is 11.2 Å². The van der Waals surface area contributed by atoms with Gasteiger partial charge in [0.1, 0.15) is 11.0 Å². The predicted molar refractivity (Wildman–Crippen MR) is 82.7 cm³/mol.